The number of carbonyl (C=O) groups is 1. The van der Waals surface area contributed by atoms with Crippen molar-refractivity contribution in [1.29, 1.82) is 0 Å². The van der Waals surface area contributed by atoms with Crippen molar-refractivity contribution in [2.24, 2.45) is 0 Å². The molecule has 0 N–H and O–H groups in total. The molecule has 2 aromatic rings. The van der Waals surface area contributed by atoms with E-state index in [0.717, 1.165) is 6.07 Å². The van der Waals surface area contributed by atoms with Gasteiger partial charge < -0.3 is 4.74 Å². The maximum absolute atomic E-state index is 12.8. The zero-order chi connectivity index (χ0) is 22.1. The van der Waals surface area contributed by atoms with Crippen LogP contribution in [0.4, 0.5) is 18.9 Å². The standard InChI is InChI=1S/C19H13F3N2O4S2/c1-2-23-17(25)16(30-18(23)29)9-11-3-6-13(7-4-11)28-15-8-5-12(19(20,21)22)10-14(15)24(26)27/h3-10H,2H2,1H3. The molecule has 3 rings (SSSR count). The molecule has 0 atom stereocenters. The van der Waals surface area contributed by atoms with Gasteiger partial charge in [-0.05, 0) is 42.8 Å². The van der Waals surface area contributed by atoms with Crippen LogP contribution < -0.4 is 4.74 Å². The third kappa shape index (κ3) is 4.62. The van der Waals surface area contributed by atoms with Gasteiger partial charge in [-0.25, -0.2) is 0 Å². The molecule has 0 saturated carbocycles. The Balaban J connectivity index is 1.81. The molecule has 1 amide bonds. The Bertz CT molecular complexity index is 1050. The molecule has 0 aromatic heterocycles. The summed E-state index contributed by atoms with van der Waals surface area (Å²) in [5.74, 6) is -0.311. The van der Waals surface area contributed by atoms with Crippen molar-refractivity contribution in [1.82, 2.24) is 4.90 Å². The first-order valence-electron chi connectivity index (χ1n) is 8.49. The van der Waals surface area contributed by atoms with Crippen molar-refractivity contribution < 1.29 is 27.6 Å². The molecule has 30 heavy (non-hydrogen) atoms. The number of thioether (sulfide) groups is 1. The summed E-state index contributed by atoms with van der Waals surface area (Å²) in [4.78, 5) is 24.4. The number of ether oxygens (including phenoxy) is 1. The first-order chi connectivity index (χ1) is 14.1. The van der Waals surface area contributed by atoms with E-state index in [9.17, 15) is 28.1 Å². The van der Waals surface area contributed by atoms with Gasteiger partial charge in [0.1, 0.15) is 10.1 Å². The van der Waals surface area contributed by atoms with Crippen LogP contribution in [0.15, 0.2) is 47.4 Å². The quantitative estimate of drug-likeness (QED) is 0.252. The molecule has 1 aliphatic heterocycles. The number of hydrogen-bond donors (Lipinski definition) is 0. The summed E-state index contributed by atoms with van der Waals surface area (Å²) in [6, 6.07) is 8.27. The van der Waals surface area contributed by atoms with Crippen molar-refractivity contribution in [3.63, 3.8) is 0 Å². The lowest BCUT2D eigenvalue weighted by atomic mass is 10.1. The number of nitro groups is 1. The van der Waals surface area contributed by atoms with E-state index >= 15 is 0 Å². The van der Waals surface area contributed by atoms with Crippen LogP contribution >= 0.6 is 24.0 Å². The van der Waals surface area contributed by atoms with E-state index in [-0.39, 0.29) is 17.4 Å². The average molecular weight is 454 g/mol. The number of hydrogen-bond acceptors (Lipinski definition) is 6. The molecule has 11 heteroatoms. The molecule has 156 valence electrons. The maximum Gasteiger partial charge on any atom is 0.416 e. The minimum Gasteiger partial charge on any atom is -0.450 e. The smallest absolute Gasteiger partial charge is 0.416 e. The zero-order valence-electron chi connectivity index (χ0n) is 15.3. The number of likely N-dealkylation sites (N-methyl/N-ethyl adjacent to an activating group) is 1. The summed E-state index contributed by atoms with van der Waals surface area (Å²) in [5, 5.41) is 11.1. The van der Waals surface area contributed by atoms with Crippen LogP contribution in [0.5, 0.6) is 11.5 Å². The Morgan fingerprint density at radius 1 is 1.23 bits per heavy atom. The maximum atomic E-state index is 12.8. The fourth-order valence-electron chi connectivity index (χ4n) is 2.61. The predicted molar refractivity (Wildman–Crippen MR) is 110 cm³/mol. The van der Waals surface area contributed by atoms with Gasteiger partial charge in [-0.15, -0.1) is 0 Å². The van der Waals surface area contributed by atoms with E-state index in [0.29, 0.717) is 33.5 Å². The van der Waals surface area contributed by atoms with Crippen LogP contribution in [0.3, 0.4) is 0 Å². The van der Waals surface area contributed by atoms with Crippen molar-refractivity contribution in [3.05, 3.63) is 68.6 Å². The molecular weight excluding hydrogens is 441 g/mol. The van der Waals surface area contributed by atoms with E-state index in [1.165, 1.54) is 28.8 Å². The molecule has 6 nitrogen and oxygen atoms in total. The van der Waals surface area contributed by atoms with Gasteiger partial charge in [0.2, 0.25) is 5.75 Å². The second kappa shape index (κ2) is 8.44. The largest absolute Gasteiger partial charge is 0.450 e. The molecule has 1 saturated heterocycles. The lowest BCUT2D eigenvalue weighted by molar-refractivity contribution is -0.385. The predicted octanol–water partition coefficient (Wildman–Crippen LogP) is 5.63. The molecule has 0 spiro atoms. The zero-order valence-corrected chi connectivity index (χ0v) is 16.9. The first kappa shape index (κ1) is 21.8. The number of nitro benzene ring substituents is 1. The highest BCUT2D eigenvalue weighted by atomic mass is 32.2. The Kier molecular flexibility index (Phi) is 6.13. The number of nitrogens with zero attached hydrogens (tertiary/aromatic N) is 2. The van der Waals surface area contributed by atoms with Crippen LogP contribution in [0.1, 0.15) is 18.1 Å². The van der Waals surface area contributed by atoms with Crippen LogP contribution in [0.25, 0.3) is 6.08 Å². The minimum absolute atomic E-state index is 0.187. The number of benzene rings is 2. The van der Waals surface area contributed by atoms with Gasteiger partial charge in [-0.1, -0.05) is 36.1 Å². The van der Waals surface area contributed by atoms with E-state index in [2.05, 4.69) is 0 Å². The molecule has 1 fully saturated rings. The van der Waals surface area contributed by atoms with E-state index in [1.807, 2.05) is 6.92 Å². The van der Waals surface area contributed by atoms with Crippen molar-refractivity contribution in [2.45, 2.75) is 13.1 Å². The number of amides is 1. The molecule has 0 radical (unpaired) electrons. The Morgan fingerprint density at radius 2 is 1.90 bits per heavy atom. The summed E-state index contributed by atoms with van der Waals surface area (Å²) < 4.78 is 44.3. The fraction of sp³-hybridized carbons (Fsp3) is 0.158. The first-order valence-corrected chi connectivity index (χ1v) is 9.71. The van der Waals surface area contributed by atoms with Gasteiger partial charge in [0.05, 0.1) is 15.4 Å². The monoisotopic (exact) mass is 454 g/mol. The average Bonchev–Trinajstić information content (AvgIpc) is 2.95. The van der Waals surface area contributed by atoms with Gasteiger partial charge in [-0.3, -0.25) is 19.8 Å². The van der Waals surface area contributed by atoms with E-state index in [4.69, 9.17) is 17.0 Å². The Morgan fingerprint density at radius 3 is 2.43 bits per heavy atom. The van der Waals surface area contributed by atoms with Crippen LogP contribution in [-0.2, 0) is 11.0 Å². The Hall–Kier alpha value is -2.92. The third-order valence-corrected chi connectivity index (χ3v) is 5.46. The lowest BCUT2D eigenvalue weighted by Gasteiger charge is -2.10. The highest BCUT2D eigenvalue weighted by Gasteiger charge is 2.33. The van der Waals surface area contributed by atoms with Crippen molar-refractivity contribution in [2.75, 3.05) is 6.54 Å². The molecule has 0 aliphatic carbocycles. The van der Waals surface area contributed by atoms with E-state index < -0.39 is 22.4 Å². The second-order valence-electron chi connectivity index (χ2n) is 6.03. The molecule has 1 heterocycles. The lowest BCUT2D eigenvalue weighted by Crippen LogP contribution is -2.27. The topological polar surface area (TPSA) is 72.7 Å². The third-order valence-electron chi connectivity index (χ3n) is 4.08. The number of rotatable bonds is 5. The summed E-state index contributed by atoms with van der Waals surface area (Å²) >= 11 is 6.34. The SMILES string of the molecule is CCN1C(=O)C(=Cc2ccc(Oc3ccc(C(F)(F)F)cc3[N+](=O)[O-])cc2)SC1=S. The molecule has 0 unspecified atom stereocenters. The van der Waals surface area contributed by atoms with Crippen LogP contribution in [-0.4, -0.2) is 26.6 Å². The molecule has 1 aliphatic rings. The number of halogens is 3. The van der Waals surface area contributed by atoms with Gasteiger partial charge >= 0.3 is 11.9 Å². The number of alkyl halides is 3. The molecular formula is C19H13F3N2O4S2. The number of thiocarbonyl (C=S) groups is 1. The fourth-order valence-corrected chi connectivity index (χ4v) is 3.99. The van der Waals surface area contributed by atoms with Gasteiger partial charge in [-0.2, -0.15) is 13.2 Å². The molecule has 2 aromatic carbocycles. The molecule has 0 bridgehead atoms. The normalized spacial score (nSPS) is 15.7. The van der Waals surface area contributed by atoms with Crippen LogP contribution in [0.2, 0.25) is 0 Å². The van der Waals surface area contributed by atoms with Crippen molar-refractivity contribution in [3.8, 4) is 11.5 Å². The highest BCUT2D eigenvalue weighted by Crippen LogP contribution is 2.38. The highest BCUT2D eigenvalue weighted by molar-refractivity contribution is 8.26. The summed E-state index contributed by atoms with van der Waals surface area (Å²) in [6.07, 6.45) is -3.05. The second-order valence-corrected chi connectivity index (χ2v) is 7.71. The van der Waals surface area contributed by atoms with Gasteiger partial charge in [0, 0.05) is 12.6 Å². The van der Waals surface area contributed by atoms with Gasteiger partial charge in [0.15, 0.2) is 0 Å². The summed E-state index contributed by atoms with van der Waals surface area (Å²) in [6.45, 7) is 2.29. The minimum atomic E-state index is -4.70. The Labute approximate surface area is 178 Å². The van der Waals surface area contributed by atoms with Gasteiger partial charge in [0.25, 0.3) is 5.91 Å². The van der Waals surface area contributed by atoms with E-state index in [1.54, 1.807) is 18.2 Å². The summed E-state index contributed by atoms with van der Waals surface area (Å²) in [7, 11) is 0. The number of carbonyl (C=O) groups excluding carboxylic acids is 1. The van der Waals surface area contributed by atoms with Crippen molar-refractivity contribution >= 4 is 46.0 Å². The van der Waals surface area contributed by atoms with Crippen LogP contribution in [0, 0.1) is 10.1 Å². The summed E-state index contributed by atoms with van der Waals surface area (Å²) in [5.41, 5.74) is -1.26.